The minimum Gasteiger partial charge on any atom is -0.463 e. The van der Waals surface area contributed by atoms with Gasteiger partial charge in [0.25, 0.3) is 0 Å². The van der Waals surface area contributed by atoms with E-state index in [0.717, 1.165) is 24.0 Å². The zero-order valence-electron chi connectivity index (χ0n) is 14.0. The van der Waals surface area contributed by atoms with Gasteiger partial charge in [0.2, 0.25) is 5.76 Å². The van der Waals surface area contributed by atoms with Gasteiger partial charge in [-0.1, -0.05) is 24.3 Å². The Hall–Kier alpha value is -2.56. The highest BCUT2D eigenvalue weighted by molar-refractivity contribution is 5.87. The molecule has 1 aliphatic carbocycles. The highest BCUT2D eigenvalue weighted by Crippen LogP contribution is 2.50. The van der Waals surface area contributed by atoms with Gasteiger partial charge in [0.1, 0.15) is 12.4 Å². The number of hydrogen-bond donors (Lipinski definition) is 0. The third kappa shape index (κ3) is 2.82. The van der Waals surface area contributed by atoms with Crippen LogP contribution in [-0.4, -0.2) is 19.0 Å². The fourth-order valence-corrected chi connectivity index (χ4v) is 2.96. The number of carbonyl (C=O) groups is 2. The van der Waals surface area contributed by atoms with Gasteiger partial charge < -0.3 is 13.9 Å². The van der Waals surface area contributed by atoms with E-state index >= 15 is 0 Å². The monoisotopic (exact) mass is 328 g/mol. The topological polar surface area (TPSA) is 65.7 Å². The second-order valence-corrected chi connectivity index (χ2v) is 6.16. The molecule has 0 saturated heterocycles. The lowest BCUT2D eigenvalue weighted by Gasteiger charge is -2.17. The van der Waals surface area contributed by atoms with Gasteiger partial charge in [-0.25, -0.2) is 4.79 Å². The highest BCUT2D eigenvalue weighted by atomic mass is 16.5. The summed E-state index contributed by atoms with van der Waals surface area (Å²) in [6, 6.07) is 9.46. The Kier molecular flexibility index (Phi) is 4.18. The average Bonchev–Trinajstić information content (AvgIpc) is 3.30. The Morgan fingerprint density at radius 1 is 1.21 bits per heavy atom. The number of aryl methyl sites for hydroxylation is 2. The van der Waals surface area contributed by atoms with E-state index in [9.17, 15) is 9.59 Å². The van der Waals surface area contributed by atoms with E-state index in [1.807, 2.05) is 31.2 Å². The van der Waals surface area contributed by atoms with E-state index < -0.39 is 11.4 Å². The Morgan fingerprint density at radius 2 is 1.92 bits per heavy atom. The summed E-state index contributed by atoms with van der Waals surface area (Å²) >= 11 is 0. The Balaban J connectivity index is 1.72. The number of esters is 2. The number of methoxy groups -OCH3 is 1. The number of rotatable bonds is 5. The van der Waals surface area contributed by atoms with Gasteiger partial charge in [-0.05, 0) is 43.9 Å². The molecule has 0 aliphatic heterocycles. The van der Waals surface area contributed by atoms with Crippen molar-refractivity contribution in [3.05, 3.63) is 58.5 Å². The minimum absolute atomic E-state index is 0.0821. The predicted octanol–water partition coefficient (Wildman–Crippen LogP) is 3.46. The Labute approximate surface area is 140 Å². The molecule has 24 heavy (non-hydrogen) atoms. The number of ether oxygens (including phenoxy) is 2. The molecule has 0 spiro atoms. The summed E-state index contributed by atoms with van der Waals surface area (Å²) < 4.78 is 15.5. The van der Waals surface area contributed by atoms with Crippen LogP contribution in [0.5, 0.6) is 0 Å². The van der Waals surface area contributed by atoms with Crippen molar-refractivity contribution in [1.82, 2.24) is 0 Å². The average molecular weight is 328 g/mol. The first-order valence-corrected chi connectivity index (χ1v) is 7.89. The van der Waals surface area contributed by atoms with Crippen LogP contribution in [0.3, 0.4) is 0 Å². The molecular weight excluding hydrogens is 308 g/mol. The summed E-state index contributed by atoms with van der Waals surface area (Å²) in [4.78, 5) is 24.1. The molecule has 1 aromatic heterocycles. The summed E-state index contributed by atoms with van der Waals surface area (Å²) in [5.41, 5.74) is 2.28. The summed E-state index contributed by atoms with van der Waals surface area (Å²) in [5, 5.41) is 0. The molecule has 1 aliphatic rings. The normalized spacial score (nSPS) is 15.0. The minimum atomic E-state index is -0.547. The molecule has 1 aromatic carbocycles. The van der Waals surface area contributed by atoms with Crippen LogP contribution in [0.2, 0.25) is 0 Å². The van der Waals surface area contributed by atoms with Crippen LogP contribution in [0, 0.1) is 13.8 Å². The van der Waals surface area contributed by atoms with E-state index in [0.29, 0.717) is 11.3 Å². The van der Waals surface area contributed by atoms with E-state index in [2.05, 4.69) is 4.74 Å². The van der Waals surface area contributed by atoms with Gasteiger partial charge in [0, 0.05) is 5.56 Å². The number of benzene rings is 1. The molecule has 0 atom stereocenters. The maximum atomic E-state index is 12.6. The summed E-state index contributed by atoms with van der Waals surface area (Å²) in [5.74, 6) is -0.115. The lowest BCUT2D eigenvalue weighted by Crippen LogP contribution is -2.24. The van der Waals surface area contributed by atoms with E-state index in [1.165, 1.54) is 7.11 Å². The molecule has 0 amide bonds. The van der Waals surface area contributed by atoms with Crippen LogP contribution in [0.25, 0.3) is 0 Å². The van der Waals surface area contributed by atoms with E-state index in [1.54, 1.807) is 13.0 Å². The molecule has 0 radical (unpaired) electrons. The van der Waals surface area contributed by atoms with Gasteiger partial charge in [0.15, 0.2) is 0 Å². The van der Waals surface area contributed by atoms with Crippen LogP contribution in [0.15, 0.2) is 34.7 Å². The molecule has 0 unspecified atom stereocenters. The number of hydrogen-bond acceptors (Lipinski definition) is 5. The van der Waals surface area contributed by atoms with Gasteiger partial charge >= 0.3 is 11.9 Å². The van der Waals surface area contributed by atoms with E-state index in [4.69, 9.17) is 9.15 Å². The summed E-state index contributed by atoms with van der Waals surface area (Å²) in [6.45, 7) is 3.81. The van der Waals surface area contributed by atoms with Crippen LogP contribution in [-0.2, 0) is 26.3 Å². The van der Waals surface area contributed by atoms with Gasteiger partial charge in [0.05, 0.1) is 12.5 Å². The predicted molar refractivity (Wildman–Crippen MR) is 86.7 cm³/mol. The Morgan fingerprint density at radius 3 is 2.54 bits per heavy atom. The molecule has 2 aromatic rings. The number of furan rings is 1. The number of carbonyl (C=O) groups excluding carboxylic acids is 2. The fraction of sp³-hybridized carbons (Fsp3) is 0.368. The van der Waals surface area contributed by atoms with Gasteiger partial charge in [-0.15, -0.1) is 0 Å². The van der Waals surface area contributed by atoms with Crippen molar-refractivity contribution in [2.24, 2.45) is 0 Å². The van der Waals surface area contributed by atoms with Crippen molar-refractivity contribution < 1.29 is 23.5 Å². The van der Waals surface area contributed by atoms with Crippen molar-refractivity contribution >= 4 is 11.9 Å². The molecule has 0 bridgehead atoms. The van der Waals surface area contributed by atoms with Crippen LogP contribution >= 0.6 is 0 Å². The molecule has 126 valence electrons. The van der Waals surface area contributed by atoms with Gasteiger partial charge in [-0.2, -0.15) is 0 Å². The first kappa shape index (κ1) is 16.3. The second kappa shape index (κ2) is 6.15. The molecule has 1 heterocycles. The van der Waals surface area contributed by atoms with Crippen LogP contribution in [0.1, 0.15) is 45.8 Å². The zero-order valence-corrected chi connectivity index (χ0v) is 14.0. The van der Waals surface area contributed by atoms with Crippen LogP contribution < -0.4 is 0 Å². The maximum Gasteiger partial charge on any atom is 0.373 e. The van der Waals surface area contributed by atoms with Crippen molar-refractivity contribution in [2.45, 2.75) is 38.7 Å². The third-order valence-electron chi connectivity index (χ3n) is 4.57. The third-order valence-corrected chi connectivity index (χ3v) is 4.57. The smallest absolute Gasteiger partial charge is 0.373 e. The quantitative estimate of drug-likeness (QED) is 0.786. The van der Waals surface area contributed by atoms with Crippen molar-refractivity contribution in [1.29, 1.82) is 0 Å². The SMILES string of the molecule is COC(=O)c1cc(COC(=O)C2(c3ccccc3C)CC2)c(C)o1. The molecule has 1 fully saturated rings. The van der Waals surface area contributed by atoms with Crippen molar-refractivity contribution in [2.75, 3.05) is 7.11 Å². The first-order chi connectivity index (χ1) is 11.5. The lowest BCUT2D eigenvalue weighted by atomic mass is 9.92. The maximum absolute atomic E-state index is 12.6. The standard InChI is InChI=1S/C19H20O5/c1-12-6-4-5-7-15(12)19(8-9-19)18(21)23-11-14-10-16(17(20)22-3)24-13(14)2/h4-7,10H,8-9,11H2,1-3H3. The van der Waals surface area contributed by atoms with Crippen LogP contribution in [0.4, 0.5) is 0 Å². The first-order valence-electron chi connectivity index (χ1n) is 7.89. The Bertz CT molecular complexity index is 783. The highest BCUT2D eigenvalue weighted by Gasteiger charge is 2.53. The molecule has 5 heteroatoms. The summed E-state index contributed by atoms with van der Waals surface area (Å²) in [6.07, 6.45) is 1.60. The van der Waals surface area contributed by atoms with E-state index in [-0.39, 0.29) is 18.3 Å². The van der Waals surface area contributed by atoms with Crippen molar-refractivity contribution in [3.63, 3.8) is 0 Å². The van der Waals surface area contributed by atoms with Gasteiger partial charge in [-0.3, -0.25) is 4.79 Å². The lowest BCUT2D eigenvalue weighted by molar-refractivity contribution is -0.148. The molecule has 1 saturated carbocycles. The summed E-state index contributed by atoms with van der Waals surface area (Å²) in [7, 11) is 1.29. The zero-order chi connectivity index (χ0) is 17.3. The molecule has 0 N–H and O–H groups in total. The van der Waals surface area contributed by atoms with Crippen molar-refractivity contribution in [3.8, 4) is 0 Å². The second-order valence-electron chi connectivity index (χ2n) is 6.16. The molecule has 5 nitrogen and oxygen atoms in total. The molecule has 3 rings (SSSR count). The largest absolute Gasteiger partial charge is 0.463 e. The fourth-order valence-electron chi connectivity index (χ4n) is 2.96. The molecular formula is C19H20O5.